The average molecular weight is 562 g/mol. The molecule has 0 spiro atoms. The van der Waals surface area contributed by atoms with Gasteiger partial charge < -0.3 is 14.7 Å². The summed E-state index contributed by atoms with van der Waals surface area (Å²) in [5.74, 6) is 2.99. The van der Waals surface area contributed by atoms with Crippen molar-refractivity contribution in [1.29, 1.82) is 0 Å². The normalized spacial score (nSPS) is 24.7. The highest BCUT2D eigenvalue weighted by molar-refractivity contribution is 6.13. The minimum absolute atomic E-state index is 0.0458. The number of benzene rings is 4. The van der Waals surface area contributed by atoms with Crippen LogP contribution >= 0.6 is 0 Å². The molecule has 9 rings (SSSR count). The Morgan fingerprint density at radius 1 is 0.651 bits per heavy atom. The lowest BCUT2D eigenvalue weighted by Gasteiger charge is -2.36. The van der Waals surface area contributed by atoms with Gasteiger partial charge in [-0.1, -0.05) is 84.9 Å². The third-order valence-electron chi connectivity index (χ3n) is 9.69. The summed E-state index contributed by atoms with van der Waals surface area (Å²) in [6.07, 6.45) is 3.76. The van der Waals surface area contributed by atoms with Crippen LogP contribution in [0.4, 0.5) is 28.6 Å². The molecule has 1 aliphatic carbocycles. The molecule has 0 radical (unpaired) electrons. The van der Waals surface area contributed by atoms with Gasteiger partial charge in [-0.05, 0) is 42.3 Å². The first-order valence-electron chi connectivity index (χ1n) is 15.0. The van der Waals surface area contributed by atoms with Crippen molar-refractivity contribution in [2.75, 3.05) is 26.8 Å². The Bertz CT molecular complexity index is 1870. The smallest absolute Gasteiger partial charge is 0.162 e. The van der Waals surface area contributed by atoms with E-state index in [0.29, 0.717) is 17.8 Å². The summed E-state index contributed by atoms with van der Waals surface area (Å²) in [4.78, 5) is 16.6. The zero-order chi connectivity index (χ0) is 28.7. The summed E-state index contributed by atoms with van der Waals surface area (Å²) >= 11 is 0. The molecule has 5 unspecified atom stereocenters. The zero-order valence-electron chi connectivity index (χ0n) is 24.1. The molecule has 3 aliphatic heterocycles. The van der Waals surface area contributed by atoms with Crippen molar-refractivity contribution in [1.82, 2.24) is 9.97 Å². The molecule has 0 N–H and O–H groups in total. The Kier molecular flexibility index (Phi) is 5.21. The van der Waals surface area contributed by atoms with Crippen LogP contribution < -0.4 is 19.7 Å². The molecule has 43 heavy (non-hydrogen) atoms. The second kappa shape index (κ2) is 9.16. The number of para-hydroxylation sites is 3. The van der Waals surface area contributed by atoms with Gasteiger partial charge in [0.1, 0.15) is 24.3 Å². The first-order chi connectivity index (χ1) is 21.2. The Labute approximate surface area is 251 Å². The van der Waals surface area contributed by atoms with Crippen LogP contribution in [0, 0.1) is 18.8 Å². The van der Waals surface area contributed by atoms with Crippen LogP contribution in [-0.2, 0) is 0 Å². The van der Waals surface area contributed by atoms with E-state index in [1.807, 2.05) is 6.20 Å². The van der Waals surface area contributed by atoms with Crippen molar-refractivity contribution < 1.29 is 0 Å². The topological polar surface area (TPSA) is 51.1 Å². The Hall–Kier alpha value is -5.17. The molecule has 4 heterocycles. The van der Waals surface area contributed by atoms with Gasteiger partial charge in [-0.2, -0.15) is 5.10 Å². The molecule has 5 atom stereocenters. The molecule has 1 aromatic heterocycles. The third-order valence-corrected chi connectivity index (χ3v) is 9.69. The van der Waals surface area contributed by atoms with Crippen LogP contribution in [0.5, 0.6) is 0 Å². The molecule has 210 valence electrons. The molecule has 5 aromatic rings. The number of amidine groups is 1. The first-order valence-corrected chi connectivity index (χ1v) is 15.0. The van der Waals surface area contributed by atoms with Crippen LogP contribution in [0.2, 0.25) is 0 Å². The second-order valence-electron chi connectivity index (χ2n) is 11.9. The number of fused-ring (bicyclic) bond motifs is 7. The van der Waals surface area contributed by atoms with E-state index in [1.165, 1.54) is 22.5 Å². The lowest BCUT2D eigenvalue weighted by Crippen LogP contribution is -2.48. The Morgan fingerprint density at radius 2 is 1.33 bits per heavy atom. The number of hydrazone groups is 1. The fourth-order valence-corrected chi connectivity index (χ4v) is 7.86. The first kappa shape index (κ1) is 24.4. The van der Waals surface area contributed by atoms with Crippen LogP contribution in [-0.4, -0.2) is 35.2 Å². The molecule has 7 nitrogen and oxygen atoms in total. The number of rotatable bonds is 4. The molecule has 4 aliphatic rings. The third kappa shape index (κ3) is 3.45. The van der Waals surface area contributed by atoms with Gasteiger partial charge in [-0.25, -0.2) is 15.0 Å². The summed E-state index contributed by atoms with van der Waals surface area (Å²) in [7, 11) is 2.20. The predicted molar refractivity (Wildman–Crippen MR) is 172 cm³/mol. The van der Waals surface area contributed by atoms with Gasteiger partial charge in [0.25, 0.3) is 0 Å². The SMILES string of the molecule is Cc1ccccc1N1c2ncncc2N(C)C1C1C2c3ccccc3N3N=C(c4ccccc4)N(c4ccccc4)C3C21. The standard InChI is InChI=1S/C36H31N7/c1-23-13-9-11-19-27(23)42-34-29(21-37-22-38-34)40(2)35(42)31-30-26-18-10-12-20-28(26)43-36(32(30)31)41(25-16-7-4-8-17-25)33(39-43)24-14-5-3-6-15-24/h3-22,30-32,35-36H,1-2H3. The highest BCUT2D eigenvalue weighted by atomic mass is 15.6. The summed E-state index contributed by atoms with van der Waals surface area (Å²) in [5.41, 5.74) is 8.35. The fraction of sp³-hybridized carbons (Fsp3) is 0.194. The predicted octanol–water partition coefficient (Wildman–Crippen LogP) is 6.76. The van der Waals surface area contributed by atoms with E-state index in [9.17, 15) is 0 Å². The van der Waals surface area contributed by atoms with Crippen molar-refractivity contribution in [3.63, 3.8) is 0 Å². The van der Waals surface area contributed by atoms with E-state index in [-0.39, 0.29) is 12.3 Å². The van der Waals surface area contributed by atoms with Crippen LogP contribution in [0.3, 0.4) is 0 Å². The maximum atomic E-state index is 5.39. The quantitative estimate of drug-likeness (QED) is 0.242. The Morgan fingerprint density at radius 3 is 2.12 bits per heavy atom. The molecule has 7 heteroatoms. The fourth-order valence-electron chi connectivity index (χ4n) is 7.86. The molecule has 1 saturated carbocycles. The molecule has 0 saturated heterocycles. The van der Waals surface area contributed by atoms with Gasteiger partial charge >= 0.3 is 0 Å². The monoisotopic (exact) mass is 561 g/mol. The van der Waals surface area contributed by atoms with Gasteiger partial charge in [-0.3, -0.25) is 0 Å². The van der Waals surface area contributed by atoms with Crippen molar-refractivity contribution in [3.05, 3.63) is 138 Å². The summed E-state index contributed by atoms with van der Waals surface area (Å²) in [5, 5.41) is 7.69. The molecule has 0 bridgehead atoms. The highest BCUT2D eigenvalue weighted by Gasteiger charge is 2.68. The molecule has 0 amide bonds. The molecule has 4 aromatic carbocycles. The van der Waals surface area contributed by atoms with E-state index in [1.54, 1.807) is 6.33 Å². The summed E-state index contributed by atoms with van der Waals surface area (Å²) in [6.45, 7) is 2.19. The van der Waals surface area contributed by atoms with Gasteiger partial charge in [0.2, 0.25) is 0 Å². The van der Waals surface area contributed by atoms with Crippen LogP contribution in [0.1, 0.15) is 22.6 Å². The maximum Gasteiger partial charge on any atom is 0.162 e. The number of nitrogens with zero attached hydrogens (tertiary/aromatic N) is 7. The lowest BCUT2D eigenvalue weighted by atomic mass is 10.00. The van der Waals surface area contributed by atoms with Crippen molar-refractivity contribution in [2.45, 2.75) is 25.2 Å². The van der Waals surface area contributed by atoms with Crippen LogP contribution in [0.25, 0.3) is 0 Å². The highest BCUT2D eigenvalue weighted by Crippen LogP contribution is 2.68. The molecule has 1 fully saturated rings. The average Bonchev–Trinajstić information content (AvgIpc) is 3.54. The van der Waals surface area contributed by atoms with E-state index in [2.05, 4.69) is 148 Å². The van der Waals surface area contributed by atoms with Gasteiger partial charge in [0.05, 0.1) is 11.9 Å². The van der Waals surface area contributed by atoms with E-state index in [4.69, 9.17) is 10.1 Å². The Balaban J connectivity index is 1.22. The number of anilines is 5. The van der Waals surface area contributed by atoms with Gasteiger partial charge in [0, 0.05) is 41.7 Å². The van der Waals surface area contributed by atoms with Crippen molar-refractivity contribution >= 4 is 34.4 Å². The minimum atomic E-state index is 0.0458. The minimum Gasteiger partial charge on any atom is -0.349 e. The number of hydrogen-bond donors (Lipinski definition) is 0. The van der Waals surface area contributed by atoms with E-state index in [0.717, 1.165) is 28.6 Å². The maximum absolute atomic E-state index is 5.39. The summed E-state index contributed by atoms with van der Waals surface area (Å²) < 4.78 is 0. The number of hydrogen-bond acceptors (Lipinski definition) is 7. The molecular formula is C36H31N7. The zero-order valence-corrected chi connectivity index (χ0v) is 24.1. The van der Waals surface area contributed by atoms with E-state index >= 15 is 0 Å². The lowest BCUT2D eigenvalue weighted by molar-refractivity contribution is 0.488. The van der Waals surface area contributed by atoms with Gasteiger partial charge in [-0.15, -0.1) is 0 Å². The largest absolute Gasteiger partial charge is 0.349 e. The van der Waals surface area contributed by atoms with Crippen LogP contribution in [0.15, 0.2) is 127 Å². The van der Waals surface area contributed by atoms with Crippen molar-refractivity contribution in [3.8, 4) is 0 Å². The number of aromatic nitrogens is 2. The number of aryl methyl sites for hydroxylation is 1. The van der Waals surface area contributed by atoms with Crippen molar-refractivity contribution in [2.24, 2.45) is 16.9 Å². The van der Waals surface area contributed by atoms with Gasteiger partial charge in [0.15, 0.2) is 11.7 Å². The second-order valence-corrected chi connectivity index (χ2v) is 11.9. The van der Waals surface area contributed by atoms with E-state index < -0.39 is 0 Å². The summed E-state index contributed by atoms with van der Waals surface area (Å²) in [6, 6.07) is 38.9. The molecular weight excluding hydrogens is 530 g/mol.